The number of rotatable bonds is 6. The monoisotopic (exact) mass is 471 g/mol. The Balaban J connectivity index is 1.79. The first-order valence-electron chi connectivity index (χ1n) is 11.2. The Hall–Kier alpha value is -2.23. The molecule has 0 saturated carbocycles. The molecule has 4 rings (SSSR count). The van der Waals surface area contributed by atoms with Crippen LogP contribution in [0.2, 0.25) is 0 Å². The van der Waals surface area contributed by atoms with Crippen molar-refractivity contribution in [2.24, 2.45) is 0 Å². The van der Waals surface area contributed by atoms with Gasteiger partial charge < -0.3 is 9.80 Å². The fourth-order valence-electron chi connectivity index (χ4n) is 4.03. The van der Waals surface area contributed by atoms with Crippen molar-refractivity contribution >= 4 is 51.7 Å². The summed E-state index contributed by atoms with van der Waals surface area (Å²) in [6, 6.07) is 3.83. The molecule has 0 N–H and O–H groups in total. The van der Waals surface area contributed by atoms with Gasteiger partial charge in [0, 0.05) is 38.9 Å². The third kappa shape index (κ3) is 4.46. The van der Waals surface area contributed by atoms with Crippen molar-refractivity contribution in [3.05, 3.63) is 44.7 Å². The molecule has 0 radical (unpaired) electrons. The lowest BCUT2D eigenvalue weighted by molar-refractivity contribution is -0.122. The highest BCUT2D eigenvalue weighted by atomic mass is 32.2. The number of hydrogen-bond acceptors (Lipinski definition) is 7. The molecular formula is C23H29N5O2S2. The van der Waals surface area contributed by atoms with E-state index < -0.39 is 0 Å². The maximum atomic E-state index is 13.6. The number of amides is 1. The Morgan fingerprint density at radius 1 is 1.16 bits per heavy atom. The number of aryl methyl sites for hydroxylation is 1. The number of aromatic nitrogens is 2. The van der Waals surface area contributed by atoms with Crippen LogP contribution >= 0.6 is 24.0 Å². The number of likely N-dealkylation sites (N-methyl/N-ethyl adjacent to an activating group) is 1. The number of piperazine rings is 1. The van der Waals surface area contributed by atoms with E-state index in [1.54, 1.807) is 21.6 Å². The first-order valence-corrected chi connectivity index (χ1v) is 12.4. The molecule has 2 aromatic rings. The molecule has 4 heterocycles. The molecule has 0 aliphatic carbocycles. The Kier molecular flexibility index (Phi) is 6.97. The van der Waals surface area contributed by atoms with Gasteiger partial charge in [0.15, 0.2) is 0 Å². The zero-order valence-electron chi connectivity index (χ0n) is 18.8. The summed E-state index contributed by atoms with van der Waals surface area (Å²) >= 11 is 6.72. The van der Waals surface area contributed by atoms with Gasteiger partial charge in [-0.25, -0.2) is 4.98 Å². The number of fused-ring (bicyclic) bond motifs is 1. The number of pyridine rings is 1. The molecule has 0 spiro atoms. The molecule has 0 aromatic carbocycles. The smallest absolute Gasteiger partial charge is 0.267 e. The van der Waals surface area contributed by atoms with Crippen molar-refractivity contribution < 1.29 is 4.79 Å². The topological polar surface area (TPSA) is 61.2 Å². The van der Waals surface area contributed by atoms with E-state index in [9.17, 15) is 9.59 Å². The van der Waals surface area contributed by atoms with E-state index in [1.807, 2.05) is 19.1 Å². The lowest BCUT2D eigenvalue weighted by Crippen LogP contribution is -2.47. The molecule has 2 saturated heterocycles. The molecule has 2 aliphatic heterocycles. The first-order chi connectivity index (χ1) is 15.4. The second-order valence-corrected chi connectivity index (χ2v) is 9.87. The molecule has 9 heteroatoms. The van der Waals surface area contributed by atoms with E-state index in [-0.39, 0.29) is 11.5 Å². The summed E-state index contributed by atoms with van der Waals surface area (Å²) in [6.45, 7) is 11.2. The number of carbonyl (C=O) groups is 1. The average Bonchev–Trinajstić information content (AvgIpc) is 3.06. The van der Waals surface area contributed by atoms with Crippen LogP contribution in [-0.2, 0) is 4.79 Å². The lowest BCUT2D eigenvalue weighted by atomic mass is 10.2. The fraction of sp³-hybridized carbons (Fsp3) is 0.478. The summed E-state index contributed by atoms with van der Waals surface area (Å²) in [7, 11) is 0. The molecule has 1 amide bonds. The van der Waals surface area contributed by atoms with Crippen LogP contribution in [0.5, 0.6) is 0 Å². The molecule has 170 valence electrons. The van der Waals surface area contributed by atoms with Crippen LogP contribution in [0.3, 0.4) is 0 Å². The van der Waals surface area contributed by atoms with Gasteiger partial charge in [-0.05, 0) is 37.6 Å². The number of thioether (sulfide) groups is 1. The zero-order chi connectivity index (χ0) is 22.8. The first kappa shape index (κ1) is 22.9. The van der Waals surface area contributed by atoms with Crippen molar-refractivity contribution in [1.29, 1.82) is 0 Å². The minimum Gasteiger partial charge on any atom is -0.353 e. The van der Waals surface area contributed by atoms with Crippen LogP contribution in [0.4, 0.5) is 5.82 Å². The van der Waals surface area contributed by atoms with Crippen molar-refractivity contribution in [2.75, 3.05) is 44.2 Å². The van der Waals surface area contributed by atoms with E-state index in [4.69, 9.17) is 17.2 Å². The van der Waals surface area contributed by atoms with Crippen molar-refractivity contribution in [2.45, 2.75) is 33.6 Å². The van der Waals surface area contributed by atoms with Crippen LogP contribution in [0.15, 0.2) is 28.0 Å². The summed E-state index contributed by atoms with van der Waals surface area (Å²) < 4.78 is 2.13. The molecule has 0 bridgehead atoms. The van der Waals surface area contributed by atoms with Gasteiger partial charge in [0.1, 0.15) is 15.8 Å². The molecule has 32 heavy (non-hydrogen) atoms. The Bertz CT molecular complexity index is 1140. The van der Waals surface area contributed by atoms with Crippen molar-refractivity contribution in [3.8, 4) is 0 Å². The third-order valence-corrected chi connectivity index (χ3v) is 7.37. The number of carbonyl (C=O) groups excluding carboxylic acids is 1. The summed E-state index contributed by atoms with van der Waals surface area (Å²) in [5.41, 5.74) is 1.88. The van der Waals surface area contributed by atoms with Gasteiger partial charge in [-0.1, -0.05) is 50.3 Å². The Morgan fingerprint density at radius 2 is 1.91 bits per heavy atom. The maximum Gasteiger partial charge on any atom is 0.267 e. The molecule has 0 unspecified atom stereocenters. The number of nitrogens with zero attached hydrogens (tertiary/aromatic N) is 5. The van der Waals surface area contributed by atoms with Crippen LogP contribution in [-0.4, -0.2) is 68.7 Å². The van der Waals surface area contributed by atoms with E-state index in [1.165, 1.54) is 11.8 Å². The average molecular weight is 472 g/mol. The Labute approximate surface area is 198 Å². The van der Waals surface area contributed by atoms with Crippen LogP contribution in [0, 0.1) is 6.92 Å². The normalized spacial score (nSPS) is 19.0. The van der Waals surface area contributed by atoms with Gasteiger partial charge in [0.05, 0.1) is 10.5 Å². The van der Waals surface area contributed by atoms with Gasteiger partial charge >= 0.3 is 0 Å². The largest absolute Gasteiger partial charge is 0.353 e. The standard InChI is InChI=1S/C23H29N5O2S2/c1-4-6-9-27-22(30)18(32-23(27)31)14-17-20(26-12-10-25(5-2)11-13-26)24-19-8-7-16(3)15-28(19)21(17)29/h7-8,14-15H,4-6,9-13H2,1-3H3. The SMILES string of the molecule is CCCCN1C(=O)C(=Cc2c(N3CCN(CC)CC3)nc3ccc(C)cn3c2=O)SC1=S. The van der Waals surface area contributed by atoms with Gasteiger partial charge in [-0.3, -0.25) is 18.9 Å². The van der Waals surface area contributed by atoms with Crippen molar-refractivity contribution in [3.63, 3.8) is 0 Å². The minimum atomic E-state index is -0.162. The third-order valence-electron chi connectivity index (χ3n) is 5.99. The lowest BCUT2D eigenvalue weighted by Gasteiger charge is -2.35. The summed E-state index contributed by atoms with van der Waals surface area (Å²) in [6.07, 6.45) is 5.38. The number of unbranched alkanes of at least 4 members (excludes halogenated alkanes) is 1. The second-order valence-electron chi connectivity index (χ2n) is 8.20. The molecular weight excluding hydrogens is 442 g/mol. The van der Waals surface area contributed by atoms with E-state index in [2.05, 4.69) is 23.6 Å². The highest BCUT2D eigenvalue weighted by Crippen LogP contribution is 2.33. The van der Waals surface area contributed by atoms with E-state index >= 15 is 0 Å². The Morgan fingerprint density at radius 3 is 2.59 bits per heavy atom. The van der Waals surface area contributed by atoms with Gasteiger partial charge in [-0.15, -0.1) is 0 Å². The summed E-state index contributed by atoms with van der Waals surface area (Å²) in [5.74, 6) is 0.525. The number of thiocarbonyl (C=S) groups is 1. The second kappa shape index (κ2) is 9.72. The van der Waals surface area contributed by atoms with Gasteiger partial charge in [0.25, 0.3) is 11.5 Å². The molecule has 2 aliphatic rings. The van der Waals surface area contributed by atoms with Crippen LogP contribution in [0.1, 0.15) is 37.8 Å². The maximum absolute atomic E-state index is 13.6. The molecule has 2 aromatic heterocycles. The van der Waals surface area contributed by atoms with E-state index in [0.717, 1.165) is 51.1 Å². The van der Waals surface area contributed by atoms with Gasteiger partial charge in [0.2, 0.25) is 0 Å². The quantitative estimate of drug-likeness (QED) is 0.474. The molecule has 0 atom stereocenters. The van der Waals surface area contributed by atoms with Crippen molar-refractivity contribution in [1.82, 2.24) is 19.2 Å². The highest BCUT2D eigenvalue weighted by molar-refractivity contribution is 8.26. The van der Waals surface area contributed by atoms with Crippen LogP contribution < -0.4 is 10.5 Å². The van der Waals surface area contributed by atoms with E-state index in [0.29, 0.717) is 32.8 Å². The number of anilines is 1. The summed E-state index contributed by atoms with van der Waals surface area (Å²) in [5, 5.41) is 0. The highest BCUT2D eigenvalue weighted by Gasteiger charge is 2.32. The molecule has 2 fully saturated rings. The van der Waals surface area contributed by atoms with Gasteiger partial charge in [-0.2, -0.15) is 0 Å². The predicted octanol–water partition coefficient (Wildman–Crippen LogP) is 3.15. The fourth-order valence-corrected chi connectivity index (χ4v) is 5.32. The number of hydrogen-bond donors (Lipinski definition) is 0. The predicted molar refractivity (Wildman–Crippen MR) is 135 cm³/mol. The summed E-state index contributed by atoms with van der Waals surface area (Å²) in [4.78, 5) is 38.1. The zero-order valence-corrected chi connectivity index (χ0v) is 20.5. The molecule has 7 nitrogen and oxygen atoms in total. The minimum absolute atomic E-state index is 0.121. The van der Waals surface area contributed by atoms with Crippen LogP contribution in [0.25, 0.3) is 11.7 Å².